The van der Waals surface area contributed by atoms with Crippen LogP contribution >= 0.6 is 0 Å². The molecule has 0 radical (unpaired) electrons. The number of benzene rings is 2. The Hall–Kier alpha value is -3.80. The Morgan fingerprint density at radius 1 is 1.21 bits per heavy atom. The summed E-state index contributed by atoms with van der Waals surface area (Å²) in [6.45, 7) is 10.0. The van der Waals surface area contributed by atoms with Crippen LogP contribution in [0.25, 0.3) is 27.7 Å². The molecule has 0 unspecified atom stereocenters. The molecule has 0 saturated carbocycles. The smallest absolute Gasteiger partial charge is 0.244 e. The van der Waals surface area contributed by atoms with E-state index in [1.54, 1.807) is 24.9 Å². The first kappa shape index (κ1) is 23.4. The number of amides is 1. The van der Waals surface area contributed by atoms with Gasteiger partial charge in [-0.2, -0.15) is 0 Å². The second kappa shape index (κ2) is 10.4. The summed E-state index contributed by atoms with van der Waals surface area (Å²) in [4.78, 5) is 16.6. The number of hydrogen-bond acceptors (Lipinski definition) is 4. The summed E-state index contributed by atoms with van der Waals surface area (Å²) in [6.07, 6.45) is 9.72. The second-order valence-electron chi connectivity index (χ2n) is 8.52. The van der Waals surface area contributed by atoms with Crippen molar-refractivity contribution in [2.24, 2.45) is 0 Å². The number of rotatable bonds is 9. The maximum absolute atomic E-state index is 12.6. The molecule has 2 heterocycles. The fourth-order valence-corrected chi connectivity index (χ4v) is 4.18. The molecule has 1 N–H and O–H groups in total. The molecule has 0 fully saturated rings. The Morgan fingerprint density at radius 2 is 2.06 bits per heavy atom. The number of furan rings is 1. The predicted octanol–water partition coefficient (Wildman–Crippen LogP) is 5.92. The van der Waals surface area contributed by atoms with Gasteiger partial charge in [0.05, 0.1) is 19.2 Å². The fourth-order valence-electron chi connectivity index (χ4n) is 4.18. The molecule has 1 amide bonds. The van der Waals surface area contributed by atoms with E-state index in [9.17, 15) is 4.79 Å². The number of ether oxygens (including phenoxy) is 1. The van der Waals surface area contributed by atoms with Crippen LogP contribution in [0.3, 0.4) is 0 Å². The lowest BCUT2D eigenvalue weighted by Gasteiger charge is -2.12. The van der Waals surface area contributed by atoms with Gasteiger partial charge in [0.1, 0.15) is 11.3 Å². The normalized spacial score (nSPS) is 11.7. The third kappa shape index (κ3) is 5.22. The first-order valence-corrected chi connectivity index (χ1v) is 11.6. The van der Waals surface area contributed by atoms with Gasteiger partial charge >= 0.3 is 0 Å². The summed E-state index contributed by atoms with van der Waals surface area (Å²) < 4.78 is 13.8. The summed E-state index contributed by atoms with van der Waals surface area (Å²) >= 11 is 0. The third-order valence-electron chi connectivity index (χ3n) is 5.87. The number of aryl methyl sites for hydroxylation is 3. The van der Waals surface area contributed by atoms with Gasteiger partial charge < -0.3 is 19.0 Å². The highest BCUT2D eigenvalue weighted by atomic mass is 16.5. The van der Waals surface area contributed by atoms with Crippen LogP contribution in [-0.2, 0) is 11.3 Å². The standard InChI is InChI=1S/C28H31N3O3/c1-5-33-26-16-27-24(25(17-34-27)22-8-7-19(2)13-20(22)3)15-23(26)21(4)14-28(32)30-9-6-11-31-12-10-29-18-31/h7-8,10,12-18H,5-6,9,11H2,1-4H3,(H,30,32)/b21-14+. The molecule has 4 aromatic rings. The molecule has 2 aromatic carbocycles. The van der Waals surface area contributed by atoms with Crippen LogP contribution in [0, 0.1) is 13.8 Å². The molecule has 0 aliphatic heterocycles. The van der Waals surface area contributed by atoms with Crippen molar-refractivity contribution in [3.63, 3.8) is 0 Å². The van der Waals surface area contributed by atoms with Crippen molar-refractivity contribution >= 4 is 22.4 Å². The van der Waals surface area contributed by atoms with Gasteiger partial charge in [-0.1, -0.05) is 23.8 Å². The van der Waals surface area contributed by atoms with Gasteiger partial charge in [-0.25, -0.2) is 4.98 Å². The molecule has 0 aliphatic rings. The van der Waals surface area contributed by atoms with Crippen molar-refractivity contribution in [3.8, 4) is 16.9 Å². The lowest BCUT2D eigenvalue weighted by Crippen LogP contribution is -2.23. The van der Waals surface area contributed by atoms with Crippen molar-refractivity contribution in [2.75, 3.05) is 13.2 Å². The Kier molecular flexibility index (Phi) is 7.16. The number of aromatic nitrogens is 2. The minimum Gasteiger partial charge on any atom is -0.493 e. The first-order valence-electron chi connectivity index (χ1n) is 11.6. The number of allylic oxidation sites excluding steroid dienone is 1. The molecule has 0 bridgehead atoms. The van der Waals surface area contributed by atoms with Crippen molar-refractivity contribution in [2.45, 2.75) is 40.7 Å². The van der Waals surface area contributed by atoms with Crippen LogP contribution in [0.5, 0.6) is 5.75 Å². The molecule has 0 atom stereocenters. The number of hydrogen-bond donors (Lipinski definition) is 1. The molecule has 34 heavy (non-hydrogen) atoms. The van der Waals surface area contributed by atoms with E-state index < -0.39 is 0 Å². The van der Waals surface area contributed by atoms with Gasteiger partial charge in [-0.05, 0) is 56.9 Å². The van der Waals surface area contributed by atoms with Crippen LogP contribution in [0.1, 0.15) is 37.0 Å². The van der Waals surface area contributed by atoms with Crippen LogP contribution in [0.4, 0.5) is 0 Å². The zero-order chi connectivity index (χ0) is 24.1. The summed E-state index contributed by atoms with van der Waals surface area (Å²) in [5.74, 6) is 0.589. The summed E-state index contributed by atoms with van der Waals surface area (Å²) in [6, 6.07) is 10.4. The molecule has 6 nitrogen and oxygen atoms in total. The zero-order valence-corrected chi connectivity index (χ0v) is 20.2. The van der Waals surface area contributed by atoms with Gasteiger partial charge in [0.2, 0.25) is 5.91 Å². The van der Waals surface area contributed by atoms with Crippen LogP contribution in [0.2, 0.25) is 0 Å². The average molecular weight is 458 g/mol. The number of carbonyl (C=O) groups is 1. The average Bonchev–Trinajstić information content (AvgIpc) is 3.46. The quantitative estimate of drug-likeness (QED) is 0.250. The van der Waals surface area contributed by atoms with Gasteiger partial charge in [0.15, 0.2) is 0 Å². The van der Waals surface area contributed by atoms with E-state index in [-0.39, 0.29) is 5.91 Å². The number of nitrogens with one attached hydrogen (secondary N) is 1. The van der Waals surface area contributed by atoms with Gasteiger partial charge in [-0.15, -0.1) is 0 Å². The highest BCUT2D eigenvalue weighted by Gasteiger charge is 2.16. The van der Waals surface area contributed by atoms with Crippen LogP contribution < -0.4 is 10.1 Å². The van der Waals surface area contributed by atoms with Gasteiger partial charge in [-0.3, -0.25) is 4.79 Å². The molecule has 0 spiro atoms. The zero-order valence-electron chi connectivity index (χ0n) is 20.2. The Morgan fingerprint density at radius 3 is 2.79 bits per heavy atom. The van der Waals surface area contributed by atoms with E-state index in [4.69, 9.17) is 9.15 Å². The maximum Gasteiger partial charge on any atom is 0.244 e. The Bertz CT molecular complexity index is 1320. The van der Waals surface area contributed by atoms with E-state index in [1.165, 1.54) is 11.1 Å². The monoisotopic (exact) mass is 457 g/mol. The number of nitrogens with zero attached hydrogens (tertiary/aromatic N) is 2. The molecule has 0 aliphatic carbocycles. The summed E-state index contributed by atoms with van der Waals surface area (Å²) in [5.41, 5.74) is 7.08. The van der Waals surface area contributed by atoms with E-state index in [0.717, 1.165) is 46.2 Å². The van der Waals surface area contributed by atoms with Gasteiger partial charge in [0.25, 0.3) is 0 Å². The molecule has 6 heteroatoms. The van der Waals surface area contributed by atoms with E-state index >= 15 is 0 Å². The minimum absolute atomic E-state index is 0.118. The van der Waals surface area contributed by atoms with Crippen molar-refractivity contribution < 1.29 is 13.9 Å². The molecular weight excluding hydrogens is 426 g/mol. The Balaban J connectivity index is 1.59. The second-order valence-corrected chi connectivity index (χ2v) is 8.52. The van der Waals surface area contributed by atoms with Gasteiger partial charge in [0, 0.05) is 54.1 Å². The number of imidazole rings is 1. The summed E-state index contributed by atoms with van der Waals surface area (Å²) in [5, 5.41) is 3.97. The molecule has 2 aromatic heterocycles. The number of fused-ring (bicyclic) bond motifs is 1. The maximum atomic E-state index is 12.6. The van der Waals surface area contributed by atoms with E-state index in [1.807, 2.05) is 30.7 Å². The number of carbonyl (C=O) groups excluding carboxylic acids is 1. The van der Waals surface area contributed by atoms with Crippen molar-refractivity contribution in [1.29, 1.82) is 0 Å². The Labute approximate surface area is 200 Å². The molecule has 4 rings (SSSR count). The SMILES string of the molecule is CCOc1cc2occ(-c3ccc(C)cc3C)c2cc1/C(C)=C/C(=O)NCCCn1ccnc1. The van der Waals surface area contributed by atoms with Crippen molar-refractivity contribution in [3.05, 3.63) is 78.1 Å². The molecular formula is C28H31N3O3. The summed E-state index contributed by atoms with van der Waals surface area (Å²) in [7, 11) is 0. The van der Waals surface area contributed by atoms with E-state index in [2.05, 4.69) is 48.4 Å². The largest absolute Gasteiger partial charge is 0.493 e. The fraction of sp³-hybridized carbons (Fsp3) is 0.286. The lowest BCUT2D eigenvalue weighted by atomic mass is 9.96. The van der Waals surface area contributed by atoms with Crippen LogP contribution in [0.15, 0.2) is 65.8 Å². The highest BCUT2D eigenvalue weighted by Crippen LogP contribution is 2.38. The molecule has 176 valence electrons. The third-order valence-corrected chi connectivity index (χ3v) is 5.87. The highest BCUT2D eigenvalue weighted by molar-refractivity contribution is 6.00. The van der Waals surface area contributed by atoms with E-state index in [0.29, 0.717) is 18.9 Å². The minimum atomic E-state index is -0.118. The predicted molar refractivity (Wildman–Crippen MR) is 136 cm³/mol. The van der Waals surface area contributed by atoms with Crippen LogP contribution in [-0.4, -0.2) is 28.6 Å². The topological polar surface area (TPSA) is 69.3 Å². The van der Waals surface area contributed by atoms with Crippen molar-refractivity contribution in [1.82, 2.24) is 14.9 Å². The lowest BCUT2D eigenvalue weighted by molar-refractivity contribution is -0.116. The first-order chi connectivity index (χ1) is 16.5. The molecule has 0 saturated heterocycles.